The molecular formula is C16H27N3O. The normalized spacial score (nSPS) is 39.7. The molecule has 3 unspecified atom stereocenters. The lowest BCUT2D eigenvalue weighted by Gasteiger charge is -2.42. The Kier molecular flexibility index (Phi) is 3.47. The van der Waals surface area contributed by atoms with Gasteiger partial charge in [-0.05, 0) is 51.0 Å². The van der Waals surface area contributed by atoms with Gasteiger partial charge in [0.2, 0.25) is 5.91 Å². The predicted octanol–water partition coefficient (Wildman–Crippen LogP) is 1.56. The predicted molar refractivity (Wildman–Crippen MR) is 78.2 cm³/mol. The van der Waals surface area contributed by atoms with Crippen LogP contribution in [0.15, 0.2) is 0 Å². The van der Waals surface area contributed by atoms with Gasteiger partial charge in [-0.2, -0.15) is 0 Å². The highest BCUT2D eigenvalue weighted by Crippen LogP contribution is 2.35. The van der Waals surface area contributed by atoms with Crippen LogP contribution in [-0.2, 0) is 4.79 Å². The summed E-state index contributed by atoms with van der Waals surface area (Å²) in [5, 5.41) is 3.52. The zero-order valence-corrected chi connectivity index (χ0v) is 12.4. The molecule has 3 aliphatic heterocycles. The summed E-state index contributed by atoms with van der Waals surface area (Å²) in [6, 6.07) is 1.26. The number of carbonyl (C=O) groups is 1. The van der Waals surface area contributed by atoms with Gasteiger partial charge in [-0.3, -0.25) is 10.1 Å². The lowest BCUT2D eigenvalue weighted by molar-refractivity contribution is -0.132. The number of amides is 1. The molecule has 3 saturated heterocycles. The number of nitrogens with zero attached hydrogens (tertiary/aromatic N) is 2. The first-order chi connectivity index (χ1) is 9.83. The Hall–Kier alpha value is -0.610. The first-order valence-electron chi connectivity index (χ1n) is 8.61. The number of hydrogen-bond acceptors (Lipinski definition) is 3. The average molecular weight is 277 g/mol. The van der Waals surface area contributed by atoms with Crippen molar-refractivity contribution in [2.24, 2.45) is 5.92 Å². The van der Waals surface area contributed by atoms with Gasteiger partial charge < -0.3 is 9.80 Å². The second kappa shape index (κ2) is 5.30. The molecule has 1 N–H and O–H groups in total. The van der Waals surface area contributed by atoms with Crippen molar-refractivity contribution < 1.29 is 4.79 Å². The molecule has 4 fully saturated rings. The summed E-state index contributed by atoms with van der Waals surface area (Å²) in [7, 11) is 0. The third kappa shape index (κ3) is 2.17. The molecule has 112 valence electrons. The van der Waals surface area contributed by atoms with E-state index < -0.39 is 0 Å². The molecule has 3 heterocycles. The summed E-state index contributed by atoms with van der Waals surface area (Å²) < 4.78 is 0. The lowest BCUT2D eigenvalue weighted by atomic mass is 9.94. The SMILES string of the molecule is O=C1CNC(C2CCCC2)N1C1CCN2CCCC2C1. The quantitative estimate of drug-likeness (QED) is 0.832. The van der Waals surface area contributed by atoms with Gasteiger partial charge in [-0.15, -0.1) is 0 Å². The summed E-state index contributed by atoms with van der Waals surface area (Å²) in [6.45, 7) is 3.07. The number of rotatable bonds is 2. The van der Waals surface area contributed by atoms with Crippen LogP contribution in [-0.4, -0.2) is 53.6 Å². The third-order valence-corrected chi connectivity index (χ3v) is 6.08. The Balaban J connectivity index is 1.48. The van der Waals surface area contributed by atoms with E-state index in [-0.39, 0.29) is 0 Å². The highest BCUT2D eigenvalue weighted by molar-refractivity contribution is 5.81. The van der Waals surface area contributed by atoms with Crippen LogP contribution in [0.3, 0.4) is 0 Å². The molecule has 0 radical (unpaired) electrons. The summed E-state index contributed by atoms with van der Waals surface area (Å²) in [5.41, 5.74) is 0. The van der Waals surface area contributed by atoms with E-state index in [2.05, 4.69) is 15.1 Å². The van der Waals surface area contributed by atoms with Gasteiger partial charge in [-0.25, -0.2) is 0 Å². The van der Waals surface area contributed by atoms with Crippen molar-refractivity contribution in [3.63, 3.8) is 0 Å². The molecule has 0 bridgehead atoms. The van der Waals surface area contributed by atoms with E-state index in [1.807, 2.05) is 0 Å². The van der Waals surface area contributed by atoms with E-state index in [0.717, 1.165) is 6.04 Å². The van der Waals surface area contributed by atoms with E-state index in [0.29, 0.717) is 30.6 Å². The standard InChI is InChI=1S/C16H27N3O/c20-15-11-17-16(12-4-1-2-5-12)19(15)14-7-9-18-8-3-6-13(18)10-14/h12-14,16-17H,1-11H2. The smallest absolute Gasteiger partial charge is 0.238 e. The van der Waals surface area contributed by atoms with E-state index in [4.69, 9.17) is 0 Å². The van der Waals surface area contributed by atoms with Crippen molar-refractivity contribution in [1.82, 2.24) is 15.1 Å². The number of carbonyl (C=O) groups excluding carboxylic acids is 1. The van der Waals surface area contributed by atoms with Gasteiger partial charge in [0.25, 0.3) is 0 Å². The molecule has 4 heteroatoms. The van der Waals surface area contributed by atoms with Crippen LogP contribution >= 0.6 is 0 Å². The minimum Gasteiger partial charge on any atom is -0.323 e. The van der Waals surface area contributed by atoms with E-state index in [9.17, 15) is 4.79 Å². The summed E-state index contributed by atoms with van der Waals surface area (Å²) in [4.78, 5) is 17.3. The van der Waals surface area contributed by atoms with Crippen LogP contribution in [0.4, 0.5) is 0 Å². The molecule has 0 aromatic rings. The second-order valence-corrected chi connectivity index (χ2v) is 7.18. The van der Waals surface area contributed by atoms with Crippen molar-refractivity contribution in [1.29, 1.82) is 0 Å². The van der Waals surface area contributed by atoms with E-state index in [1.165, 1.54) is 64.5 Å². The highest BCUT2D eigenvalue weighted by atomic mass is 16.2. The maximum atomic E-state index is 12.4. The van der Waals surface area contributed by atoms with E-state index in [1.54, 1.807) is 0 Å². The maximum Gasteiger partial charge on any atom is 0.238 e. The first kappa shape index (κ1) is 13.1. The topological polar surface area (TPSA) is 35.6 Å². The molecular weight excluding hydrogens is 250 g/mol. The number of fused-ring (bicyclic) bond motifs is 1. The van der Waals surface area contributed by atoms with Crippen molar-refractivity contribution in [2.45, 2.75) is 69.6 Å². The zero-order chi connectivity index (χ0) is 13.5. The Morgan fingerprint density at radius 3 is 2.65 bits per heavy atom. The van der Waals surface area contributed by atoms with Crippen LogP contribution in [0.25, 0.3) is 0 Å². The fourth-order valence-corrected chi connectivity index (χ4v) is 5.09. The largest absolute Gasteiger partial charge is 0.323 e. The summed E-state index contributed by atoms with van der Waals surface area (Å²) in [6.07, 6.45) is 10.8. The van der Waals surface area contributed by atoms with Gasteiger partial charge >= 0.3 is 0 Å². The highest BCUT2D eigenvalue weighted by Gasteiger charge is 2.43. The minimum absolute atomic E-state index is 0.350. The van der Waals surface area contributed by atoms with Gasteiger partial charge in [0.15, 0.2) is 0 Å². The Morgan fingerprint density at radius 2 is 1.80 bits per heavy atom. The molecule has 1 amide bonds. The molecule has 3 atom stereocenters. The second-order valence-electron chi connectivity index (χ2n) is 7.18. The van der Waals surface area contributed by atoms with Crippen LogP contribution < -0.4 is 5.32 Å². The number of nitrogens with one attached hydrogen (secondary N) is 1. The summed E-state index contributed by atoms with van der Waals surface area (Å²) in [5.74, 6) is 1.07. The van der Waals surface area contributed by atoms with Crippen LogP contribution in [0.2, 0.25) is 0 Å². The minimum atomic E-state index is 0.350. The molecule has 20 heavy (non-hydrogen) atoms. The van der Waals surface area contributed by atoms with Crippen LogP contribution in [0.5, 0.6) is 0 Å². The first-order valence-corrected chi connectivity index (χ1v) is 8.61. The molecule has 1 saturated carbocycles. The number of piperidine rings is 1. The molecule has 1 aliphatic carbocycles. The van der Waals surface area contributed by atoms with Crippen LogP contribution in [0.1, 0.15) is 51.4 Å². The van der Waals surface area contributed by atoms with Crippen molar-refractivity contribution >= 4 is 5.91 Å². The Morgan fingerprint density at radius 1 is 0.950 bits per heavy atom. The zero-order valence-electron chi connectivity index (χ0n) is 12.4. The van der Waals surface area contributed by atoms with Gasteiger partial charge in [-0.1, -0.05) is 12.8 Å². The Bertz CT molecular complexity index is 380. The van der Waals surface area contributed by atoms with Gasteiger partial charge in [0.05, 0.1) is 12.7 Å². The average Bonchev–Trinajstić information content (AvgIpc) is 3.17. The summed E-state index contributed by atoms with van der Waals surface area (Å²) >= 11 is 0. The van der Waals surface area contributed by atoms with Crippen molar-refractivity contribution in [3.05, 3.63) is 0 Å². The van der Waals surface area contributed by atoms with Crippen molar-refractivity contribution in [3.8, 4) is 0 Å². The maximum absolute atomic E-state index is 12.4. The Labute approximate surface area is 121 Å². The van der Waals surface area contributed by atoms with Crippen molar-refractivity contribution in [2.75, 3.05) is 19.6 Å². The molecule has 4 nitrogen and oxygen atoms in total. The molecule has 4 aliphatic rings. The fourth-order valence-electron chi connectivity index (χ4n) is 5.09. The fraction of sp³-hybridized carbons (Fsp3) is 0.938. The lowest BCUT2D eigenvalue weighted by Crippen LogP contribution is -2.53. The number of hydrogen-bond donors (Lipinski definition) is 1. The van der Waals surface area contributed by atoms with Gasteiger partial charge in [0.1, 0.15) is 0 Å². The van der Waals surface area contributed by atoms with E-state index >= 15 is 0 Å². The monoisotopic (exact) mass is 277 g/mol. The molecule has 0 spiro atoms. The molecule has 0 aromatic heterocycles. The van der Waals surface area contributed by atoms with Gasteiger partial charge in [0, 0.05) is 18.6 Å². The molecule has 0 aromatic carbocycles. The molecule has 4 rings (SSSR count). The van der Waals surface area contributed by atoms with Crippen LogP contribution in [0, 0.1) is 5.92 Å². The third-order valence-electron chi connectivity index (χ3n) is 6.08.